The Bertz CT molecular complexity index is 1720. The fourth-order valence-electron chi connectivity index (χ4n) is 4.07. The van der Waals surface area contributed by atoms with E-state index in [0.717, 1.165) is 4.90 Å². The number of carbonyl (C=O) groups excluding carboxylic acids is 2. The number of para-hydroxylation sites is 1. The summed E-state index contributed by atoms with van der Waals surface area (Å²) >= 11 is 6.23. The molecule has 3 aromatic carbocycles. The number of aromatic nitrogens is 2. The van der Waals surface area contributed by atoms with Crippen molar-refractivity contribution >= 4 is 56.5 Å². The van der Waals surface area contributed by atoms with Crippen LogP contribution in [0, 0.1) is 13.8 Å². The minimum Gasteiger partial charge on any atom is -0.268 e. The Morgan fingerprint density at radius 3 is 2.18 bits per heavy atom. The maximum atomic E-state index is 13.5. The Morgan fingerprint density at radius 2 is 1.50 bits per heavy atom. The summed E-state index contributed by atoms with van der Waals surface area (Å²) in [5.41, 5.74) is 2.04. The number of nitrogens with zero attached hydrogens (tertiary/aromatic N) is 4. The minimum absolute atomic E-state index is 0.0356. The standard InChI is InChI=1S/C27H20ClN5O4S/c1-16-23(17(2)30-27(29-16)32-38(36,37)18-10-4-3-5-11-18)31-24-20-13-7-9-15-22(20)33(26(24)35)25(34)19-12-6-8-14-21(19)28/h3-15H,1-2H3,(H,29,30,32). The second-order valence-electron chi connectivity index (χ2n) is 8.39. The average Bonchev–Trinajstić information content (AvgIpc) is 3.17. The predicted molar refractivity (Wildman–Crippen MR) is 145 cm³/mol. The van der Waals surface area contributed by atoms with Crippen LogP contribution in [0.2, 0.25) is 5.02 Å². The lowest BCUT2D eigenvalue weighted by Gasteiger charge is -2.15. The zero-order valence-corrected chi connectivity index (χ0v) is 21.8. The molecule has 0 aliphatic carbocycles. The zero-order valence-electron chi connectivity index (χ0n) is 20.2. The van der Waals surface area contributed by atoms with Crippen LogP contribution < -0.4 is 9.62 Å². The third-order valence-corrected chi connectivity index (χ3v) is 7.52. The third kappa shape index (κ3) is 4.55. The van der Waals surface area contributed by atoms with Crippen molar-refractivity contribution in [3.63, 3.8) is 0 Å². The first kappa shape index (κ1) is 25.2. The Balaban J connectivity index is 1.53. The van der Waals surface area contributed by atoms with E-state index in [1.54, 1.807) is 80.6 Å². The van der Waals surface area contributed by atoms with Gasteiger partial charge in [0, 0.05) is 5.56 Å². The van der Waals surface area contributed by atoms with Crippen LogP contribution >= 0.6 is 11.6 Å². The lowest BCUT2D eigenvalue weighted by atomic mass is 10.1. The number of aliphatic imine (C=N–C) groups is 1. The second kappa shape index (κ2) is 9.81. The molecule has 1 aliphatic rings. The second-order valence-corrected chi connectivity index (χ2v) is 10.5. The highest BCUT2D eigenvalue weighted by Crippen LogP contribution is 2.34. The lowest BCUT2D eigenvalue weighted by molar-refractivity contribution is -0.111. The topological polar surface area (TPSA) is 122 Å². The number of imide groups is 1. The largest absolute Gasteiger partial charge is 0.284 e. The molecule has 0 saturated carbocycles. The van der Waals surface area contributed by atoms with Gasteiger partial charge in [0.1, 0.15) is 11.4 Å². The van der Waals surface area contributed by atoms with Crippen LogP contribution in [0.1, 0.15) is 27.3 Å². The fourth-order valence-corrected chi connectivity index (χ4v) is 5.25. The number of anilines is 2. The number of sulfonamides is 1. The summed E-state index contributed by atoms with van der Waals surface area (Å²) in [5.74, 6) is -1.32. The molecular formula is C27H20ClN5O4S. The van der Waals surface area contributed by atoms with Gasteiger partial charge in [-0.25, -0.2) is 33.0 Å². The summed E-state index contributed by atoms with van der Waals surface area (Å²) in [7, 11) is -3.90. The molecule has 0 fully saturated rings. The molecule has 0 saturated heterocycles. The van der Waals surface area contributed by atoms with Gasteiger partial charge < -0.3 is 0 Å². The molecule has 4 aromatic rings. The Kier molecular flexibility index (Phi) is 6.52. The Labute approximate surface area is 223 Å². The molecule has 0 radical (unpaired) electrons. The normalized spacial score (nSPS) is 14.0. The molecule has 38 heavy (non-hydrogen) atoms. The number of amides is 2. The molecule has 0 atom stereocenters. The number of hydrogen-bond acceptors (Lipinski definition) is 7. The van der Waals surface area contributed by atoms with Gasteiger partial charge in [-0.3, -0.25) is 9.59 Å². The molecule has 9 nitrogen and oxygen atoms in total. The molecular weight excluding hydrogens is 526 g/mol. The van der Waals surface area contributed by atoms with E-state index in [-0.39, 0.29) is 32.8 Å². The summed E-state index contributed by atoms with van der Waals surface area (Å²) in [6.07, 6.45) is 0. The van der Waals surface area contributed by atoms with E-state index < -0.39 is 21.8 Å². The van der Waals surface area contributed by atoms with Gasteiger partial charge in [-0.15, -0.1) is 0 Å². The number of fused-ring (bicyclic) bond motifs is 1. The van der Waals surface area contributed by atoms with Gasteiger partial charge in [0.2, 0.25) is 5.95 Å². The number of rotatable bonds is 5. The van der Waals surface area contributed by atoms with Crippen LogP contribution in [0.15, 0.2) is 88.8 Å². The SMILES string of the molecule is Cc1nc(NS(=O)(=O)c2ccccc2)nc(C)c1N=C1C(=O)N(C(=O)c2ccccc2Cl)c2ccccc21. The van der Waals surface area contributed by atoms with E-state index >= 15 is 0 Å². The molecule has 2 amide bonds. The third-order valence-electron chi connectivity index (χ3n) is 5.85. The molecule has 1 aromatic heterocycles. The molecule has 0 bridgehead atoms. The van der Waals surface area contributed by atoms with Crippen molar-refractivity contribution < 1.29 is 18.0 Å². The first-order valence-electron chi connectivity index (χ1n) is 11.4. The van der Waals surface area contributed by atoms with Crippen LogP contribution in [0.3, 0.4) is 0 Å². The Hall–Kier alpha value is -4.41. The van der Waals surface area contributed by atoms with Crippen molar-refractivity contribution in [2.24, 2.45) is 4.99 Å². The first-order chi connectivity index (χ1) is 18.2. The molecule has 0 spiro atoms. The monoisotopic (exact) mass is 545 g/mol. The summed E-state index contributed by atoms with van der Waals surface area (Å²) in [4.78, 5) is 41.1. The maximum absolute atomic E-state index is 13.5. The summed E-state index contributed by atoms with van der Waals surface area (Å²) < 4.78 is 27.8. The quantitative estimate of drug-likeness (QED) is 0.358. The van der Waals surface area contributed by atoms with Gasteiger partial charge >= 0.3 is 0 Å². The number of aryl methyl sites for hydroxylation is 2. The lowest BCUT2D eigenvalue weighted by Crippen LogP contribution is -2.36. The fraction of sp³-hybridized carbons (Fsp3) is 0.0741. The van der Waals surface area contributed by atoms with E-state index in [1.807, 2.05) is 0 Å². The van der Waals surface area contributed by atoms with Crippen LogP contribution in [-0.2, 0) is 14.8 Å². The van der Waals surface area contributed by atoms with Gasteiger partial charge in [-0.1, -0.05) is 60.1 Å². The van der Waals surface area contributed by atoms with Crippen LogP contribution in [0.5, 0.6) is 0 Å². The Morgan fingerprint density at radius 1 is 0.895 bits per heavy atom. The molecule has 1 aliphatic heterocycles. The van der Waals surface area contributed by atoms with Crippen LogP contribution in [0.25, 0.3) is 0 Å². The van der Waals surface area contributed by atoms with Crippen molar-refractivity contribution in [2.75, 3.05) is 9.62 Å². The average molecular weight is 546 g/mol. The molecule has 0 unspecified atom stereocenters. The number of nitrogens with one attached hydrogen (secondary N) is 1. The number of halogens is 1. The van der Waals surface area contributed by atoms with E-state index in [2.05, 4.69) is 19.7 Å². The van der Waals surface area contributed by atoms with E-state index in [4.69, 9.17) is 11.6 Å². The van der Waals surface area contributed by atoms with E-state index in [0.29, 0.717) is 22.6 Å². The van der Waals surface area contributed by atoms with Crippen LogP contribution in [-0.4, -0.2) is 35.9 Å². The molecule has 11 heteroatoms. The maximum Gasteiger partial charge on any atom is 0.284 e. The minimum atomic E-state index is -3.90. The van der Waals surface area contributed by atoms with Crippen molar-refractivity contribution in [1.29, 1.82) is 0 Å². The summed E-state index contributed by atoms with van der Waals surface area (Å²) in [6.45, 7) is 3.26. The highest BCUT2D eigenvalue weighted by molar-refractivity contribution is 7.92. The smallest absolute Gasteiger partial charge is 0.268 e. The van der Waals surface area contributed by atoms with E-state index in [9.17, 15) is 18.0 Å². The highest BCUT2D eigenvalue weighted by atomic mass is 35.5. The number of benzene rings is 3. The van der Waals surface area contributed by atoms with Gasteiger partial charge in [0.25, 0.3) is 21.8 Å². The number of hydrogen-bond donors (Lipinski definition) is 1. The number of carbonyl (C=O) groups is 2. The first-order valence-corrected chi connectivity index (χ1v) is 13.3. The van der Waals surface area contributed by atoms with Crippen molar-refractivity contribution in [2.45, 2.75) is 18.7 Å². The van der Waals surface area contributed by atoms with E-state index in [1.165, 1.54) is 12.1 Å². The zero-order chi connectivity index (χ0) is 27.0. The molecule has 5 rings (SSSR count). The van der Waals surface area contributed by atoms with Gasteiger partial charge in [0.05, 0.1) is 32.6 Å². The van der Waals surface area contributed by atoms with Gasteiger partial charge in [-0.05, 0) is 44.2 Å². The van der Waals surface area contributed by atoms with Crippen molar-refractivity contribution in [3.05, 3.63) is 106 Å². The van der Waals surface area contributed by atoms with Gasteiger partial charge in [0.15, 0.2) is 0 Å². The highest BCUT2D eigenvalue weighted by Gasteiger charge is 2.39. The summed E-state index contributed by atoms with van der Waals surface area (Å²) in [6, 6.07) is 21.1. The molecule has 1 N–H and O–H groups in total. The predicted octanol–water partition coefficient (Wildman–Crippen LogP) is 4.86. The van der Waals surface area contributed by atoms with Crippen molar-refractivity contribution in [1.82, 2.24) is 9.97 Å². The molecule has 190 valence electrons. The molecule has 2 heterocycles. The van der Waals surface area contributed by atoms with Gasteiger partial charge in [-0.2, -0.15) is 0 Å². The van der Waals surface area contributed by atoms with Crippen LogP contribution in [0.4, 0.5) is 17.3 Å². The summed E-state index contributed by atoms with van der Waals surface area (Å²) in [5, 5.41) is 0.224. The van der Waals surface area contributed by atoms with Crippen molar-refractivity contribution in [3.8, 4) is 0 Å².